The Balaban J connectivity index is 3.94. The summed E-state index contributed by atoms with van der Waals surface area (Å²) in [7, 11) is 0. The zero-order valence-corrected chi connectivity index (χ0v) is 8.54. The number of carbonyl (C=O) groups is 2. The van der Waals surface area contributed by atoms with Crippen LogP contribution in [0, 0.1) is 0 Å². The number of nitrogens with one attached hydrogen (secondary N) is 1. The van der Waals surface area contributed by atoms with Gasteiger partial charge in [-0.05, 0) is 13.3 Å². The van der Waals surface area contributed by atoms with Gasteiger partial charge in [-0.15, -0.1) is 0 Å². The van der Waals surface area contributed by atoms with Crippen LogP contribution in [-0.2, 0) is 9.59 Å². The molecule has 0 radical (unpaired) electrons. The van der Waals surface area contributed by atoms with Crippen molar-refractivity contribution in [1.29, 1.82) is 0 Å². The molecule has 1 N–H and O–H groups in total. The van der Waals surface area contributed by atoms with Crippen molar-refractivity contribution >= 4 is 12.3 Å². The van der Waals surface area contributed by atoms with Crippen molar-refractivity contribution in [3.8, 4) is 0 Å². The van der Waals surface area contributed by atoms with Gasteiger partial charge in [0.05, 0.1) is 0 Å². The van der Waals surface area contributed by atoms with E-state index < -0.39 is 0 Å². The highest BCUT2D eigenvalue weighted by Crippen LogP contribution is 1.94. The number of rotatable bonds is 6. The highest BCUT2D eigenvalue weighted by molar-refractivity contribution is 5.73. The predicted octanol–water partition coefficient (Wildman–Crippen LogP) is 0.379. The van der Waals surface area contributed by atoms with Crippen molar-refractivity contribution < 1.29 is 9.59 Å². The first-order valence-electron chi connectivity index (χ1n) is 4.60. The van der Waals surface area contributed by atoms with Crippen molar-refractivity contribution in [2.24, 2.45) is 0 Å². The molecule has 0 aliphatic heterocycles. The molecule has 0 aromatic heterocycles. The Morgan fingerprint density at radius 2 is 2.15 bits per heavy atom. The van der Waals surface area contributed by atoms with Crippen LogP contribution in [0.25, 0.3) is 0 Å². The number of hydrogen-bond donors (Lipinski definition) is 1. The number of nitrogens with zero attached hydrogens (tertiary/aromatic N) is 1. The Morgan fingerprint density at radius 3 is 2.46 bits per heavy atom. The fourth-order valence-electron chi connectivity index (χ4n) is 1.09. The van der Waals surface area contributed by atoms with Crippen LogP contribution in [0.4, 0.5) is 0 Å². The molecule has 0 aliphatic carbocycles. The van der Waals surface area contributed by atoms with Crippen LogP contribution in [-0.4, -0.2) is 36.3 Å². The fourth-order valence-corrected chi connectivity index (χ4v) is 1.09. The van der Waals surface area contributed by atoms with E-state index in [1.165, 1.54) is 6.92 Å². The molecule has 76 valence electrons. The third kappa shape index (κ3) is 5.22. The molecule has 0 bridgehead atoms. The Labute approximate surface area is 79.3 Å². The average Bonchev–Trinajstić information content (AvgIpc) is 2.11. The zero-order valence-electron chi connectivity index (χ0n) is 8.54. The molecule has 0 spiro atoms. The van der Waals surface area contributed by atoms with Gasteiger partial charge < -0.3 is 10.2 Å². The maximum Gasteiger partial charge on any atom is 0.217 e. The molecule has 0 saturated carbocycles. The van der Waals surface area contributed by atoms with E-state index in [-0.39, 0.29) is 11.9 Å². The molecule has 4 heteroatoms. The smallest absolute Gasteiger partial charge is 0.217 e. The van der Waals surface area contributed by atoms with Gasteiger partial charge in [-0.25, -0.2) is 0 Å². The minimum atomic E-state index is -0.0474. The summed E-state index contributed by atoms with van der Waals surface area (Å²) in [6, 6.07) is 0.0719. The van der Waals surface area contributed by atoms with Crippen molar-refractivity contribution in [2.45, 2.75) is 33.2 Å². The lowest BCUT2D eigenvalue weighted by atomic mass is 10.2. The SMILES string of the molecule is CCC(CN(C=O)CC)NC(C)=O. The van der Waals surface area contributed by atoms with Crippen LogP contribution in [0.1, 0.15) is 27.2 Å². The van der Waals surface area contributed by atoms with Gasteiger partial charge in [-0.1, -0.05) is 6.92 Å². The first kappa shape index (κ1) is 11.9. The van der Waals surface area contributed by atoms with Crippen molar-refractivity contribution in [1.82, 2.24) is 10.2 Å². The molecule has 4 nitrogen and oxygen atoms in total. The van der Waals surface area contributed by atoms with Gasteiger partial charge in [-0.2, -0.15) is 0 Å². The lowest BCUT2D eigenvalue weighted by molar-refractivity contribution is -0.122. The van der Waals surface area contributed by atoms with Gasteiger partial charge in [-0.3, -0.25) is 9.59 Å². The highest BCUT2D eigenvalue weighted by Gasteiger charge is 2.10. The molecule has 0 fully saturated rings. The van der Waals surface area contributed by atoms with Crippen molar-refractivity contribution in [3.63, 3.8) is 0 Å². The summed E-state index contributed by atoms with van der Waals surface area (Å²) < 4.78 is 0. The second-order valence-electron chi connectivity index (χ2n) is 3.00. The second kappa shape index (κ2) is 6.46. The first-order chi connectivity index (χ1) is 6.13. The van der Waals surface area contributed by atoms with Gasteiger partial charge in [0.1, 0.15) is 0 Å². The van der Waals surface area contributed by atoms with E-state index >= 15 is 0 Å². The van der Waals surface area contributed by atoms with E-state index in [0.29, 0.717) is 13.1 Å². The van der Waals surface area contributed by atoms with Crippen LogP contribution in [0.2, 0.25) is 0 Å². The van der Waals surface area contributed by atoms with E-state index in [0.717, 1.165) is 12.8 Å². The second-order valence-corrected chi connectivity index (χ2v) is 3.00. The molecule has 0 aliphatic rings. The zero-order chi connectivity index (χ0) is 10.3. The molecule has 13 heavy (non-hydrogen) atoms. The van der Waals surface area contributed by atoms with E-state index in [9.17, 15) is 9.59 Å². The van der Waals surface area contributed by atoms with Gasteiger partial charge in [0, 0.05) is 26.1 Å². The van der Waals surface area contributed by atoms with Gasteiger partial charge in [0.2, 0.25) is 12.3 Å². The summed E-state index contributed by atoms with van der Waals surface area (Å²) in [5.74, 6) is -0.0474. The molecular formula is C9H18N2O2. The van der Waals surface area contributed by atoms with E-state index in [4.69, 9.17) is 0 Å². The van der Waals surface area contributed by atoms with Crippen molar-refractivity contribution in [2.75, 3.05) is 13.1 Å². The third-order valence-corrected chi connectivity index (χ3v) is 1.91. The van der Waals surface area contributed by atoms with Gasteiger partial charge in [0.15, 0.2) is 0 Å². The van der Waals surface area contributed by atoms with Crippen LogP contribution < -0.4 is 5.32 Å². The Morgan fingerprint density at radius 1 is 1.54 bits per heavy atom. The minimum Gasteiger partial charge on any atom is -0.352 e. The van der Waals surface area contributed by atoms with Gasteiger partial charge >= 0.3 is 0 Å². The molecule has 1 unspecified atom stereocenters. The van der Waals surface area contributed by atoms with E-state index in [1.807, 2.05) is 13.8 Å². The molecule has 1 atom stereocenters. The average molecular weight is 186 g/mol. The van der Waals surface area contributed by atoms with Crippen LogP contribution in [0.15, 0.2) is 0 Å². The minimum absolute atomic E-state index is 0.0474. The quantitative estimate of drug-likeness (QED) is 0.610. The monoisotopic (exact) mass is 186 g/mol. The standard InChI is InChI=1S/C9H18N2O2/c1-4-9(10-8(3)13)6-11(5-2)7-12/h7,9H,4-6H2,1-3H3,(H,10,13). The Bertz CT molecular complexity index is 171. The maximum absolute atomic E-state index is 10.8. The highest BCUT2D eigenvalue weighted by atomic mass is 16.1. The predicted molar refractivity (Wildman–Crippen MR) is 51.2 cm³/mol. The molecular weight excluding hydrogens is 168 g/mol. The fraction of sp³-hybridized carbons (Fsp3) is 0.778. The Hall–Kier alpha value is -1.06. The summed E-state index contributed by atoms with van der Waals surface area (Å²) in [5.41, 5.74) is 0. The summed E-state index contributed by atoms with van der Waals surface area (Å²) >= 11 is 0. The number of hydrogen-bond acceptors (Lipinski definition) is 2. The molecule has 0 aromatic rings. The third-order valence-electron chi connectivity index (χ3n) is 1.91. The van der Waals surface area contributed by atoms with Gasteiger partial charge in [0.25, 0.3) is 0 Å². The Kier molecular flexibility index (Phi) is 5.93. The molecule has 0 saturated heterocycles. The summed E-state index contributed by atoms with van der Waals surface area (Å²) in [4.78, 5) is 22.9. The summed E-state index contributed by atoms with van der Waals surface area (Å²) in [6.07, 6.45) is 1.65. The lowest BCUT2D eigenvalue weighted by Crippen LogP contribution is -2.42. The number of likely N-dealkylation sites (N-methyl/N-ethyl adjacent to an activating group) is 1. The topological polar surface area (TPSA) is 49.4 Å². The number of carbonyl (C=O) groups excluding carboxylic acids is 2. The first-order valence-corrected chi connectivity index (χ1v) is 4.60. The van der Waals surface area contributed by atoms with Crippen LogP contribution in [0.5, 0.6) is 0 Å². The van der Waals surface area contributed by atoms with E-state index in [1.54, 1.807) is 4.90 Å². The lowest BCUT2D eigenvalue weighted by Gasteiger charge is -2.22. The molecule has 0 aromatic carbocycles. The largest absolute Gasteiger partial charge is 0.352 e. The molecule has 2 amide bonds. The molecule has 0 heterocycles. The number of amides is 2. The van der Waals surface area contributed by atoms with Crippen LogP contribution >= 0.6 is 0 Å². The van der Waals surface area contributed by atoms with Crippen molar-refractivity contribution in [3.05, 3.63) is 0 Å². The maximum atomic E-state index is 10.8. The van der Waals surface area contributed by atoms with E-state index in [2.05, 4.69) is 5.32 Å². The summed E-state index contributed by atoms with van der Waals surface area (Å²) in [5, 5.41) is 2.79. The normalized spacial score (nSPS) is 11.9. The molecule has 0 rings (SSSR count). The summed E-state index contributed by atoms with van der Waals surface area (Å²) in [6.45, 7) is 6.66. The van der Waals surface area contributed by atoms with Crippen LogP contribution in [0.3, 0.4) is 0 Å².